The molecule has 0 heterocycles. The zero-order valence-corrected chi connectivity index (χ0v) is 5.47. The van der Waals surface area contributed by atoms with Crippen molar-refractivity contribution in [2.45, 2.75) is 0 Å². The summed E-state index contributed by atoms with van der Waals surface area (Å²) in [5, 5.41) is 0. The number of hydrogen-bond acceptors (Lipinski definition) is 4. The Labute approximate surface area is 58.9 Å². The van der Waals surface area contributed by atoms with E-state index in [1.165, 1.54) is 0 Å². The molecule has 0 aromatic carbocycles. The third-order valence-corrected chi connectivity index (χ3v) is 0. The van der Waals surface area contributed by atoms with Gasteiger partial charge in [-0.25, -0.2) is 0 Å². The summed E-state index contributed by atoms with van der Waals surface area (Å²) < 4.78 is 8.77. The van der Waals surface area contributed by atoms with Crippen LogP contribution in [0.1, 0.15) is 0 Å². The Balaban J connectivity index is -0.0000000267. The molecule has 0 fully saturated rings. The summed E-state index contributed by atoms with van der Waals surface area (Å²) in [6.07, 6.45) is 0. The van der Waals surface area contributed by atoms with Gasteiger partial charge >= 0.3 is 18.9 Å². The van der Waals surface area contributed by atoms with Gasteiger partial charge in [-0.05, 0) is 0 Å². The molecule has 6 nitrogen and oxygen atoms in total. The second kappa shape index (κ2) is 7.63. The zero-order valence-electron chi connectivity index (χ0n) is 4.57. The molecule has 0 atom stereocenters. The smallest absolute Gasteiger partial charge is 0.756 e. The van der Waals surface area contributed by atoms with Crippen molar-refractivity contribution in [1.29, 1.82) is 0 Å². The standard InChI is InChI=1S/Li.2H3N.H3O4P/c;;;1-5(2,3)4/h;2*1H3;(H3,1,2,3,4)/q+1;;;/p-1. The van der Waals surface area contributed by atoms with Gasteiger partial charge in [-0.1, -0.05) is 0 Å². The molecule has 0 radical (unpaired) electrons. The maximum Gasteiger partial charge on any atom is 1.00 e. The summed E-state index contributed by atoms with van der Waals surface area (Å²) in [6.45, 7) is 0. The molecule has 0 rings (SSSR count). The molecule has 0 aliphatic carbocycles. The number of rotatable bonds is 0. The fraction of sp³-hybridized carbons (Fsp3) is 0. The van der Waals surface area contributed by atoms with Gasteiger partial charge < -0.3 is 27.0 Å². The van der Waals surface area contributed by atoms with E-state index in [1.54, 1.807) is 0 Å². The van der Waals surface area contributed by atoms with Gasteiger partial charge in [0.15, 0.2) is 0 Å². The van der Waals surface area contributed by atoms with E-state index in [0.717, 1.165) is 0 Å². The van der Waals surface area contributed by atoms with E-state index < -0.39 is 7.82 Å². The Morgan fingerprint density at radius 2 is 1.25 bits per heavy atom. The van der Waals surface area contributed by atoms with Crippen LogP contribution in [0, 0.1) is 0 Å². The minimum absolute atomic E-state index is 0. The summed E-state index contributed by atoms with van der Waals surface area (Å²) in [6, 6.07) is 0. The molecule has 0 aromatic rings. The molecule has 0 saturated carbocycles. The number of phosphoric acid groups is 1. The van der Waals surface area contributed by atoms with Gasteiger partial charge in [0.25, 0.3) is 7.82 Å². The van der Waals surface area contributed by atoms with Crippen LogP contribution in [0.3, 0.4) is 0 Å². The largest absolute Gasteiger partial charge is 1.00 e. The molecule has 0 saturated heterocycles. The predicted octanol–water partition coefficient (Wildman–Crippen LogP) is -4.23. The SMILES string of the molecule is N.N.O=P([O-])(O)O.[Li+]. The molecule has 0 aliphatic heterocycles. The molecule has 0 spiro atoms. The van der Waals surface area contributed by atoms with E-state index in [4.69, 9.17) is 19.2 Å². The van der Waals surface area contributed by atoms with Crippen molar-refractivity contribution in [3.8, 4) is 0 Å². The Kier molecular flexibility index (Phi) is 22.3. The molecule has 8 heteroatoms. The predicted molar refractivity (Wildman–Crippen MR) is 22.1 cm³/mol. The Morgan fingerprint density at radius 3 is 1.25 bits per heavy atom. The second-order valence-electron chi connectivity index (χ2n) is 0.491. The Hall–Kier alpha value is 0.627. The molecule has 0 bridgehead atoms. The molecule has 0 amide bonds. The maximum absolute atomic E-state index is 8.77. The van der Waals surface area contributed by atoms with Crippen LogP contribution >= 0.6 is 7.82 Å². The van der Waals surface area contributed by atoms with Crippen LogP contribution < -0.4 is 36.1 Å². The maximum atomic E-state index is 8.77. The third-order valence-electron chi connectivity index (χ3n) is 0. The Morgan fingerprint density at radius 1 is 1.25 bits per heavy atom. The average molecular weight is 138 g/mol. The van der Waals surface area contributed by atoms with E-state index >= 15 is 0 Å². The Bertz CT molecular complexity index is 60.2. The van der Waals surface area contributed by atoms with Gasteiger partial charge in [0.05, 0.1) is 0 Å². The van der Waals surface area contributed by atoms with Crippen molar-refractivity contribution < 1.29 is 38.1 Å². The first-order valence-corrected chi connectivity index (χ1v) is 2.30. The van der Waals surface area contributed by atoms with Gasteiger partial charge in [0, 0.05) is 0 Å². The van der Waals surface area contributed by atoms with Crippen LogP contribution in [0.2, 0.25) is 0 Å². The fourth-order valence-corrected chi connectivity index (χ4v) is 0. The van der Waals surface area contributed by atoms with Gasteiger partial charge in [-0.2, -0.15) is 0 Å². The summed E-state index contributed by atoms with van der Waals surface area (Å²) in [4.78, 5) is 22.9. The first-order chi connectivity index (χ1) is 2.00. The van der Waals surface area contributed by atoms with E-state index in [9.17, 15) is 0 Å². The first-order valence-electron chi connectivity index (χ1n) is 0.765. The van der Waals surface area contributed by atoms with E-state index in [-0.39, 0.29) is 31.2 Å². The monoisotopic (exact) mass is 138 g/mol. The van der Waals surface area contributed by atoms with Crippen LogP contribution in [0.25, 0.3) is 0 Å². The molecule has 8 heavy (non-hydrogen) atoms. The number of hydrogen-bond donors (Lipinski definition) is 4. The van der Waals surface area contributed by atoms with E-state index in [2.05, 4.69) is 0 Å². The quantitative estimate of drug-likeness (QED) is 0.196. The van der Waals surface area contributed by atoms with Crippen LogP contribution in [0.5, 0.6) is 0 Å². The van der Waals surface area contributed by atoms with Gasteiger partial charge in [0.1, 0.15) is 0 Å². The van der Waals surface area contributed by atoms with Crippen LogP contribution in [0.4, 0.5) is 0 Å². The van der Waals surface area contributed by atoms with Crippen molar-refractivity contribution in [1.82, 2.24) is 12.3 Å². The van der Waals surface area contributed by atoms with Crippen molar-refractivity contribution in [3.63, 3.8) is 0 Å². The topological polar surface area (TPSA) is 151 Å². The minimum atomic E-state index is -4.89. The van der Waals surface area contributed by atoms with Gasteiger partial charge in [0.2, 0.25) is 0 Å². The molecule has 48 valence electrons. The van der Waals surface area contributed by atoms with Crippen LogP contribution in [0.15, 0.2) is 0 Å². The molecular formula is H8LiN2O4P. The van der Waals surface area contributed by atoms with Crippen molar-refractivity contribution in [3.05, 3.63) is 0 Å². The normalized spacial score (nSPS) is 7.38. The average Bonchev–Trinajstić information content (AvgIpc) is 0.722. The summed E-state index contributed by atoms with van der Waals surface area (Å²) in [7, 11) is -4.89. The summed E-state index contributed by atoms with van der Waals surface area (Å²) in [5.74, 6) is 0. The summed E-state index contributed by atoms with van der Waals surface area (Å²) >= 11 is 0. The molecule has 8 N–H and O–H groups in total. The minimum Gasteiger partial charge on any atom is -0.756 e. The fourth-order valence-electron chi connectivity index (χ4n) is 0. The van der Waals surface area contributed by atoms with Crippen LogP contribution in [-0.4, -0.2) is 9.79 Å². The van der Waals surface area contributed by atoms with Crippen molar-refractivity contribution in [2.75, 3.05) is 0 Å². The summed E-state index contributed by atoms with van der Waals surface area (Å²) in [5.41, 5.74) is 0. The van der Waals surface area contributed by atoms with Crippen LogP contribution in [-0.2, 0) is 4.57 Å². The third kappa shape index (κ3) is 533. The molecule has 0 aliphatic rings. The van der Waals surface area contributed by atoms with Gasteiger partial charge in [-0.15, -0.1) is 0 Å². The molecular weight excluding hydrogens is 130 g/mol. The van der Waals surface area contributed by atoms with Crippen molar-refractivity contribution >= 4 is 7.82 Å². The van der Waals surface area contributed by atoms with E-state index in [1.807, 2.05) is 0 Å². The second-order valence-corrected chi connectivity index (χ2v) is 1.47. The zero-order chi connectivity index (χ0) is 4.50. The molecule has 0 aromatic heterocycles. The molecule has 0 unspecified atom stereocenters. The van der Waals surface area contributed by atoms with E-state index in [0.29, 0.717) is 0 Å². The first kappa shape index (κ1) is 23.4. The van der Waals surface area contributed by atoms with Gasteiger partial charge in [-0.3, -0.25) is 4.57 Å². The van der Waals surface area contributed by atoms with Crippen molar-refractivity contribution in [2.24, 2.45) is 0 Å².